The number of carbonyl (C=O) groups is 3. The van der Waals surface area contributed by atoms with Crippen LogP contribution < -0.4 is 9.64 Å². The summed E-state index contributed by atoms with van der Waals surface area (Å²) in [6.07, 6.45) is 7.62. The van der Waals surface area contributed by atoms with Gasteiger partial charge in [-0.3, -0.25) is 4.79 Å². The summed E-state index contributed by atoms with van der Waals surface area (Å²) in [4.78, 5) is 38.2. The summed E-state index contributed by atoms with van der Waals surface area (Å²) >= 11 is 0. The van der Waals surface area contributed by atoms with E-state index in [1.807, 2.05) is 36.4 Å². The number of aliphatic carboxylic acids is 1. The predicted molar refractivity (Wildman–Crippen MR) is 139 cm³/mol. The van der Waals surface area contributed by atoms with E-state index >= 15 is 0 Å². The smallest absolute Gasteiger partial charge is 0.344 e. The summed E-state index contributed by atoms with van der Waals surface area (Å²) in [7, 11) is 0. The average molecular weight is 494 g/mol. The monoisotopic (exact) mass is 493 g/mol. The van der Waals surface area contributed by atoms with Gasteiger partial charge in [-0.15, -0.1) is 0 Å². The van der Waals surface area contributed by atoms with Crippen LogP contribution in [0.1, 0.15) is 64.0 Å². The minimum atomic E-state index is -1.02. The van der Waals surface area contributed by atoms with Crippen molar-refractivity contribution in [3.63, 3.8) is 0 Å². The van der Waals surface area contributed by atoms with Crippen molar-refractivity contribution in [1.82, 2.24) is 0 Å². The molecule has 1 amide bonds. The molecule has 2 aromatic rings. The Morgan fingerprint density at radius 1 is 1.03 bits per heavy atom. The fourth-order valence-electron chi connectivity index (χ4n) is 4.22. The Kier molecular flexibility index (Phi) is 9.28. The highest BCUT2D eigenvalue weighted by Crippen LogP contribution is 2.29. The van der Waals surface area contributed by atoms with Crippen LogP contribution in [0, 0.1) is 5.92 Å². The number of carboxylic acids is 1. The standard InChI is InChI=1S/C29H35NO6/c1-29(2,3)36-27(33)20-35-25-15-12-22(13-16-25)19-30(28(34)23-9-5-4-6-10-23)24-11-7-8-21(18-24)14-17-26(31)32/h7-8,11-18,23H,4-6,9-10,19-20H2,1-3H3,(H,31,32)/b17-14+. The molecule has 1 N–H and O–H groups in total. The lowest BCUT2D eigenvalue weighted by Crippen LogP contribution is -2.36. The molecule has 0 unspecified atom stereocenters. The van der Waals surface area contributed by atoms with Gasteiger partial charge in [0.25, 0.3) is 0 Å². The molecule has 7 nitrogen and oxygen atoms in total. The minimum absolute atomic E-state index is 0.0200. The van der Waals surface area contributed by atoms with E-state index < -0.39 is 17.5 Å². The Hall–Kier alpha value is -3.61. The van der Waals surface area contributed by atoms with Crippen molar-refractivity contribution in [3.8, 4) is 5.75 Å². The van der Waals surface area contributed by atoms with Crippen molar-refractivity contribution >= 4 is 29.6 Å². The summed E-state index contributed by atoms with van der Waals surface area (Å²) in [5, 5.41) is 8.96. The lowest BCUT2D eigenvalue weighted by Gasteiger charge is -2.30. The lowest BCUT2D eigenvalue weighted by molar-refractivity contribution is -0.157. The predicted octanol–water partition coefficient (Wildman–Crippen LogP) is 5.62. The first-order valence-electron chi connectivity index (χ1n) is 12.4. The van der Waals surface area contributed by atoms with Gasteiger partial charge >= 0.3 is 11.9 Å². The SMILES string of the molecule is CC(C)(C)OC(=O)COc1ccc(CN(C(=O)C2CCCCC2)c2cccc(/C=C/C(=O)O)c2)cc1. The van der Waals surface area contributed by atoms with E-state index in [2.05, 4.69) is 0 Å². The van der Waals surface area contributed by atoms with Gasteiger partial charge in [0.1, 0.15) is 11.4 Å². The first-order chi connectivity index (χ1) is 17.1. The van der Waals surface area contributed by atoms with Gasteiger partial charge in [-0.2, -0.15) is 0 Å². The van der Waals surface area contributed by atoms with Gasteiger partial charge in [0, 0.05) is 17.7 Å². The third-order valence-electron chi connectivity index (χ3n) is 5.86. The van der Waals surface area contributed by atoms with Crippen LogP contribution in [0.15, 0.2) is 54.6 Å². The number of amides is 1. The van der Waals surface area contributed by atoms with E-state index in [1.165, 1.54) is 6.08 Å². The summed E-state index contributed by atoms with van der Waals surface area (Å²) in [6.45, 7) is 5.60. The molecule has 192 valence electrons. The molecule has 0 saturated heterocycles. The second-order valence-electron chi connectivity index (χ2n) is 10.0. The number of rotatable bonds is 9. The van der Waals surface area contributed by atoms with Gasteiger partial charge in [0.05, 0.1) is 6.54 Å². The van der Waals surface area contributed by atoms with Crippen LogP contribution in [-0.2, 0) is 25.7 Å². The van der Waals surface area contributed by atoms with Crippen LogP contribution >= 0.6 is 0 Å². The number of esters is 1. The largest absolute Gasteiger partial charge is 0.482 e. The Bertz CT molecular complexity index is 1080. The molecule has 0 heterocycles. The molecular formula is C29H35NO6. The average Bonchev–Trinajstić information content (AvgIpc) is 2.85. The Morgan fingerprint density at radius 2 is 1.72 bits per heavy atom. The van der Waals surface area contributed by atoms with E-state index in [1.54, 1.807) is 37.8 Å². The third kappa shape index (κ3) is 8.56. The van der Waals surface area contributed by atoms with Gasteiger partial charge < -0.3 is 19.5 Å². The number of anilines is 1. The van der Waals surface area contributed by atoms with Gasteiger partial charge in [-0.1, -0.05) is 43.5 Å². The van der Waals surface area contributed by atoms with Crippen LogP contribution in [0.4, 0.5) is 5.69 Å². The Morgan fingerprint density at radius 3 is 2.36 bits per heavy atom. The molecule has 7 heteroatoms. The number of ether oxygens (including phenoxy) is 2. The Balaban J connectivity index is 1.76. The number of nitrogens with zero attached hydrogens (tertiary/aromatic N) is 1. The zero-order valence-electron chi connectivity index (χ0n) is 21.2. The van der Waals surface area contributed by atoms with Crippen molar-refractivity contribution in [3.05, 3.63) is 65.7 Å². The van der Waals surface area contributed by atoms with E-state index in [4.69, 9.17) is 14.6 Å². The highest BCUT2D eigenvalue weighted by atomic mass is 16.6. The molecule has 0 aromatic heterocycles. The van der Waals surface area contributed by atoms with E-state index in [-0.39, 0.29) is 18.4 Å². The zero-order valence-corrected chi connectivity index (χ0v) is 21.2. The van der Waals surface area contributed by atoms with Crippen molar-refractivity contribution < 1.29 is 29.0 Å². The molecule has 0 atom stereocenters. The van der Waals surface area contributed by atoms with E-state index in [0.717, 1.165) is 49.4 Å². The second-order valence-corrected chi connectivity index (χ2v) is 10.0. The molecule has 3 rings (SSSR count). The molecular weight excluding hydrogens is 458 g/mol. The molecule has 2 aromatic carbocycles. The van der Waals surface area contributed by atoms with Crippen LogP contribution in [-0.4, -0.2) is 35.2 Å². The summed E-state index contributed by atoms with van der Waals surface area (Å²) in [5.41, 5.74) is 1.78. The fourth-order valence-corrected chi connectivity index (χ4v) is 4.22. The van der Waals surface area contributed by atoms with E-state index in [9.17, 15) is 14.4 Å². The number of hydrogen-bond donors (Lipinski definition) is 1. The third-order valence-corrected chi connectivity index (χ3v) is 5.86. The second kappa shape index (κ2) is 12.4. The fraction of sp³-hybridized carbons (Fsp3) is 0.414. The normalized spacial score (nSPS) is 14.4. The van der Waals surface area contributed by atoms with Crippen molar-refractivity contribution in [2.24, 2.45) is 5.92 Å². The summed E-state index contributed by atoms with van der Waals surface area (Å²) in [5.74, 6) is -0.861. The maximum Gasteiger partial charge on any atom is 0.344 e. The molecule has 0 spiro atoms. The first-order valence-corrected chi connectivity index (χ1v) is 12.4. The topological polar surface area (TPSA) is 93.1 Å². The molecule has 36 heavy (non-hydrogen) atoms. The lowest BCUT2D eigenvalue weighted by atomic mass is 9.88. The van der Waals surface area contributed by atoms with Crippen LogP contribution in [0.2, 0.25) is 0 Å². The molecule has 1 aliphatic carbocycles. The molecule has 1 saturated carbocycles. The maximum atomic E-state index is 13.6. The quantitative estimate of drug-likeness (QED) is 0.360. The highest BCUT2D eigenvalue weighted by molar-refractivity contribution is 5.95. The number of carboxylic acid groups (broad SMARTS) is 1. The Labute approximate surface area is 212 Å². The number of carbonyl (C=O) groups excluding carboxylic acids is 2. The first kappa shape index (κ1) is 27.0. The van der Waals surface area contributed by atoms with Gasteiger partial charge in [-0.25, -0.2) is 9.59 Å². The minimum Gasteiger partial charge on any atom is -0.482 e. The summed E-state index contributed by atoms with van der Waals surface area (Å²) in [6, 6.07) is 14.6. The van der Waals surface area contributed by atoms with Crippen LogP contribution in [0.5, 0.6) is 5.75 Å². The van der Waals surface area contributed by atoms with Crippen molar-refractivity contribution in [2.75, 3.05) is 11.5 Å². The van der Waals surface area contributed by atoms with Crippen LogP contribution in [0.3, 0.4) is 0 Å². The maximum absolute atomic E-state index is 13.6. The molecule has 0 radical (unpaired) electrons. The van der Waals surface area contributed by atoms with E-state index in [0.29, 0.717) is 17.9 Å². The van der Waals surface area contributed by atoms with Crippen molar-refractivity contribution in [2.45, 2.75) is 65.0 Å². The zero-order chi connectivity index (χ0) is 26.1. The molecule has 1 aliphatic rings. The van der Waals surface area contributed by atoms with Crippen molar-refractivity contribution in [1.29, 1.82) is 0 Å². The highest BCUT2D eigenvalue weighted by Gasteiger charge is 2.27. The molecule has 0 aliphatic heterocycles. The molecule has 0 bridgehead atoms. The number of benzene rings is 2. The van der Waals surface area contributed by atoms with Gasteiger partial charge in [0.2, 0.25) is 5.91 Å². The van der Waals surface area contributed by atoms with Gasteiger partial charge in [0.15, 0.2) is 6.61 Å². The van der Waals surface area contributed by atoms with Crippen LogP contribution in [0.25, 0.3) is 6.08 Å². The summed E-state index contributed by atoms with van der Waals surface area (Å²) < 4.78 is 10.8. The molecule has 1 fully saturated rings. The van der Waals surface area contributed by atoms with Gasteiger partial charge in [-0.05, 0) is 75.1 Å². The number of hydrogen-bond acceptors (Lipinski definition) is 5.